The highest BCUT2D eigenvalue weighted by molar-refractivity contribution is 8.02. The zero-order valence-corrected chi connectivity index (χ0v) is 13.8. The van der Waals surface area contributed by atoms with E-state index in [1.807, 2.05) is 6.92 Å². The van der Waals surface area contributed by atoms with Gasteiger partial charge in [0.25, 0.3) is 0 Å². The summed E-state index contributed by atoms with van der Waals surface area (Å²) in [7, 11) is 4.95. The predicted octanol–water partition coefficient (Wildman–Crippen LogP) is 3.40. The van der Waals surface area contributed by atoms with Gasteiger partial charge in [-0.1, -0.05) is 6.92 Å². The minimum atomic E-state index is -1.06. The maximum atomic E-state index is 14.0. The van der Waals surface area contributed by atoms with Gasteiger partial charge in [0.1, 0.15) is 20.6 Å². The molecule has 0 saturated carbocycles. The Kier molecular flexibility index (Phi) is 6.44. The molecule has 1 aliphatic heterocycles. The molecule has 2 nitrogen and oxygen atoms in total. The summed E-state index contributed by atoms with van der Waals surface area (Å²) in [6.45, 7) is 12.6. The van der Waals surface area contributed by atoms with Gasteiger partial charge in [0.15, 0.2) is 0 Å². The Morgan fingerprint density at radius 3 is 2.11 bits per heavy atom. The summed E-state index contributed by atoms with van der Waals surface area (Å²) in [5, 5.41) is -0.318. The third kappa shape index (κ3) is 3.85. The SMILES string of the molecule is [B][C@@H]1S[C@H](C)[C@@H](OP(C)N(C(C)C)C(C)C)[C@@H]1F. The molecule has 1 unspecified atom stereocenters. The van der Waals surface area contributed by atoms with Gasteiger partial charge in [0.05, 0.1) is 7.85 Å². The number of hydrogen-bond donors (Lipinski definition) is 0. The number of hydrogen-bond acceptors (Lipinski definition) is 3. The molecular weight excluding hydrogens is 267 g/mol. The summed E-state index contributed by atoms with van der Waals surface area (Å²) in [6, 6.07) is 0.800. The normalized spacial score (nSPS) is 34.8. The predicted molar refractivity (Wildman–Crippen MR) is 81.3 cm³/mol. The molecule has 1 fully saturated rings. The lowest BCUT2D eigenvalue weighted by molar-refractivity contribution is 0.118. The topological polar surface area (TPSA) is 12.5 Å². The second-order valence-electron chi connectivity index (χ2n) is 5.35. The largest absolute Gasteiger partial charge is 0.336 e. The van der Waals surface area contributed by atoms with Gasteiger partial charge < -0.3 is 4.52 Å². The summed E-state index contributed by atoms with van der Waals surface area (Å²) in [5.41, 5.74) is 0. The van der Waals surface area contributed by atoms with Crippen molar-refractivity contribution < 1.29 is 8.91 Å². The zero-order chi connectivity index (χ0) is 14.0. The molecule has 0 aromatic heterocycles. The van der Waals surface area contributed by atoms with Crippen LogP contribution in [0.25, 0.3) is 0 Å². The van der Waals surface area contributed by atoms with Crippen LogP contribution in [0.2, 0.25) is 0 Å². The molecule has 0 aliphatic carbocycles. The first kappa shape index (κ1) is 16.7. The zero-order valence-electron chi connectivity index (χ0n) is 12.1. The van der Waals surface area contributed by atoms with Crippen LogP contribution in [0.15, 0.2) is 0 Å². The van der Waals surface area contributed by atoms with E-state index in [4.69, 9.17) is 12.4 Å². The number of alkyl halides is 1. The van der Waals surface area contributed by atoms with E-state index < -0.39 is 19.6 Å². The minimum Gasteiger partial charge on any atom is -0.336 e. The quantitative estimate of drug-likeness (QED) is 0.569. The van der Waals surface area contributed by atoms with Crippen molar-refractivity contribution in [2.45, 2.75) is 69.4 Å². The standard InChI is InChI=1S/C12H24BFNOPS/c1-7(2)15(8(3)4)17(6)16-11-9(5)18-12(13)10(11)14/h7-12H,1-6H3/t9-,10+,11-,12-,17?/m1/s1. The van der Waals surface area contributed by atoms with E-state index in [9.17, 15) is 4.39 Å². The van der Waals surface area contributed by atoms with E-state index in [0.29, 0.717) is 12.1 Å². The molecular formula is C12H24BFNOPS. The Balaban J connectivity index is 2.65. The molecule has 0 N–H and O–H groups in total. The Hall–Kier alpha value is 0.695. The highest BCUT2D eigenvalue weighted by atomic mass is 32.2. The van der Waals surface area contributed by atoms with Gasteiger partial charge in [-0.25, -0.2) is 4.39 Å². The van der Waals surface area contributed by atoms with Gasteiger partial charge in [0, 0.05) is 22.5 Å². The lowest BCUT2D eigenvalue weighted by atomic mass is 9.96. The van der Waals surface area contributed by atoms with Crippen molar-refractivity contribution in [3.05, 3.63) is 0 Å². The molecule has 0 bridgehead atoms. The molecule has 1 aliphatic rings. The average molecular weight is 291 g/mol. The molecule has 1 rings (SSSR count). The van der Waals surface area contributed by atoms with Gasteiger partial charge in [-0.3, -0.25) is 4.67 Å². The molecule has 104 valence electrons. The number of nitrogens with zero attached hydrogens (tertiary/aromatic N) is 1. The fourth-order valence-corrected chi connectivity index (χ4v) is 5.77. The van der Waals surface area contributed by atoms with Crippen LogP contribution in [0.1, 0.15) is 34.6 Å². The smallest absolute Gasteiger partial charge is 0.131 e. The fraction of sp³-hybridized carbons (Fsp3) is 1.00. The second-order valence-corrected chi connectivity index (χ2v) is 8.51. The van der Waals surface area contributed by atoms with Crippen LogP contribution >= 0.6 is 20.1 Å². The summed E-state index contributed by atoms with van der Waals surface area (Å²) >= 11 is 1.48. The Labute approximate surface area is 118 Å². The number of thioether (sulfide) groups is 1. The molecule has 0 spiro atoms. The van der Waals surface area contributed by atoms with Gasteiger partial charge in [0.2, 0.25) is 0 Å². The Morgan fingerprint density at radius 1 is 1.28 bits per heavy atom. The first-order valence-corrected chi connectivity index (χ1v) is 9.09. The fourth-order valence-electron chi connectivity index (χ4n) is 2.47. The van der Waals surface area contributed by atoms with Crippen LogP contribution in [-0.4, -0.2) is 53.9 Å². The van der Waals surface area contributed by atoms with Crippen molar-refractivity contribution >= 4 is 27.9 Å². The van der Waals surface area contributed by atoms with Crippen molar-refractivity contribution in [1.29, 1.82) is 0 Å². The highest BCUT2D eigenvalue weighted by Crippen LogP contribution is 2.47. The van der Waals surface area contributed by atoms with E-state index in [1.54, 1.807) is 0 Å². The van der Waals surface area contributed by atoms with E-state index in [-0.39, 0.29) is 11.4 Å². The van der Waals surface area contributed by atoms with Crippen LogP contribution in [-0.2, 0) is 4.52 Å². The van der Waals surface area contributed by atoms with Crippen molar-refractivity contribution in [3.63, 3.8) is 0 Å². The summed E-state index contributed by atoms with van der Waals surface area (Å²) in [6.07, 6.45) is -1.43. The maximum absolute atomic E-state index is 14.0. The molecule has 5 atom stereocenters. The van der Waals surface area contributed by atoms with Gasteiger partial charge in [-0.15, -0.1) is 0 Å². The summed E-state index contributed by atoms with van der Waals surface area (Å²) in [5.74, 6) is 0. The third-order valence-electron chi connectivity index (χ3n) is 3.12. The molecule has 1 saturated heterocycles. The highest BCUT2D eigenvalue weighted by Gasteiger charge is 2.42. The van der Waals surface area contributed by atoms with Crippen molar-refractivity contribution in [1.82, 2.24) is 4.67 Å². The maximum Gasteiger partial charge on any atom is 0.131 e. The van der Waals surface area contributed by atoms with E-state index in [2.05, 4.69) is 39.0 Å². The van der Waals surface area contributed by atoms with E-state index >= 15 is 0 Å². The summed E-state index contributed by atoms with van der Waals surface area (Å²) < 4.78 is 22.3. The number of rotatable bonds is 5. The summed E-state index contributed by atoms with van der Waals surface area (Å²) in [4.78, 5) is 0. The van der Waals surface area contributed by atoms with Crippen LogP contribution in [0, 0.1) is 0 Å². The number of halogens is 1. The molecule has 1 heterocycles. The van der Waals surface area contributed by atoms with Crippen LogP contribution in [0.3, 0.4) is 0 Å². The molecule has 0 aromatic carbocycles. The van der Waals surface area contributed by atoms with Crippen molar-refractivity contribution in [2.75, 3.05) is 6.66 Å². The molecule has 0 aromatic rings. The lowest BCUT2D eigenvalue weighted by Gasteiger charge is -2.37. The average Bonchev–Trinajstić information content (AvgIpc) is 2.44. The molecule has 2 radical (unpaired) electrons. The first-order chi connectivity index (χ1) is 8.25. The van der Waals surface area contributed by atoms with Crippen LogP contribution in [0.4, 0.5) is 4.39 Å². The van der Waals surface area contributed by atoms with Gasteiger partial charge in [-0.2, -0.15) is 11.8 Å². The monoisotopic (exact) mass is 291 g/mol. The molecule has 0 amide bonds. The van der Waals surface area contributed by atoms with Gasteiger partial charge >= 0.3 is 0 Å². The van der Waals surface area contributed by atoms with Gasteiger partial charge in [-0.05, 0) is 34.4 Å². The third-order valence-corrected chi connectivity index (χ3v) is 6.51. The van der Waals surface area contributed by atoms with E-state index in [0.717, 1.165) is 0 Å². The van der Waals surface area contributed by atoms with Crippen LogP contribution < -0.4 is 0 Å². The van der Waals surface area contributed by atoms with Crippen molar-refractivity contribution in [2.24, 2.45) is 0 Å². The Bertz CT molecular complexity index is 264. The van der Waals surface area contributed by atoms with Crippen LogP contribution in [0.5, 0.6) is 0 Å². The second kappa shape index (κ2) is 6.92. The molecule has 6 heteroatoms. The molecule has 18 heavy (non-hydrogen) atoms. The first-order valence-electron chi connectivity index (χ1n) is 6.49. The van der Waals surface area contributed by atoms with E-state index in [1.165, 1.54) is 11.8 Å². The van der Waals surface area contributed by atoms with Crippen molar-refractivity contribution in [3.8, 4) is 0 Å². The lowest BCUT2D eigenvalue weighted by Crippen LogP contribution is -2.36. The minimum absolute atomic E-state index is 0.126. The Morgan fingerprint density at radius 2 is 1.78 bits per heavy atom.